The van der Waals surface area contributed by atoms with Gasteiger partial charge in [-0.15, -0.1) is 5.10 Å². The Kier molecular flexibility index (Phi) is 5.35. The van der Waals surface area contributed by atoms with Crippen LogP contribution >= 0.6 is 11.8 Å². The molecule has 2 aromatic heterocycles. The lowest BCUT2D eigenvalue weighted by molar-refractivity contribution is -0.384. The molecule has 4 rings (SSSR count). The zero-order valence-electron chi connectivity index (χ0n) is 16.4. The topological polar surface area (TPSA) is 128 Å². The summed E-state index contributed by atoms with van der Waals surface area (Å²) in [5.41, 5.74) is 0.132. The van der Waals surface area contributed by atoms with E-state index >= 15 is 0 Å². The second-order valence-electron chi connectivity index (χ2n) is 6.74. The molecule has 3 aromatic rings. The lowest BCUT2D eigenvalue weighted by atomic mass is 10.1. The Balaban J connectivity index is 1.56. The van der Waals surface area contributed by atoms with Crippen LogP contribution in [0.3, 0.4) is 0 Å². The van der Waals surface area contributed by atoms with Gasteiger partial charge in [-0.25, -0.2) is 9.67 Å². The fraction of sp³-hybridized carbons (Fsp3) is 0.353. The molecule has 0 radical (unpaired) electrons. The van der Waals surface area contributed by atoms with Gasteiger partial charge in [0.1, 0.15) is 0 Å². The zero-order chi connectivity index (χ0) is 21.3. The number of imidazole rings is 1. The molecule has 0 saturated carbocycles. The van der Waals surface area contributed by atoms with Crippen LogP contribution in [0.15, 0.2) is 40.6 Å². The Labute approximate surface area is 175 Å². The van der Waals surface area contributed by atoms with Crippen LogP contribution in [-0.2, 0) is 14.1 Å². The highest BCUT2D eigenvalue weighted by Gasteiger charge is 2.27. The van der Waals surface area contributed by atoms with Crippen LogP contribution in [0.25, 0.3) is 0 Å². The Hall–Kier alpha value is -3.48. The van der Waals surface area contributed by atoms with E-state index in [1.165, 1.54) is 28.6 Å². The zero-order valence-corrected chi connectivity index (χ0v) is 17.2. The molecule has 156 valence electrons. The first-order chi connectivity index (χ1) is 14.4. The summed E-state index contributed by atoms with van der Waals surface area (Å²) >= 11 is 1.19. The number of anilines is 1. The maximum absolute atomic E-state index is 13.3. The van der Waals surface area contributed by atoms with Crippen molar-refractivity contribution in [2.45, 2.75) is 10.1 Å². The van der Waals surface area contributed by atoms with E-state index < -0.39 is 4.92 Å². The van der Waals surface area contributed by atoms with E-state index in [9.17, 15) is 14.9 Å². The van der Waals surface area contributed by atoms with E-state index in [0.29, 0.717) is 36.2 Å². The Morgan fingerprint density at radius 3 is 2.57 bits per heavy atom. The minimum Gasteiger partial charge on any atom is -0.339 e. The first-order valence-corrected chi connectivity index (χ1v) is 9.96. The molecule has 0 N–H and O–H groups in total. The molecule has 0 aliphatic carbocycles. The maximum atomic E-state index is 13.3. The number of tetrazole rings is 1. The Morgan fingerprint density at radius 1 is 1.20 bits per heavy atom. The van der Waals surface area contributed by atoms with Gasteiger partial charge in [-0.3, -0.25) is 14.9 Å². The van der Waals surface area contributed by atoms with Gasteiger partial charge in [0.2, 0.25) is 11.1 Å². The Bertz CT molecular complexity index is 1090. The fourth-order valence-corrected chi connectivity index (χ4v) is 4.07. The first-order valence-electron chi connectivity index (χ1n) is 9.14. The number of piperazine rings is 1. The molecule has 1 aliphatic rings. The number of benzene rings is 1. The summed E-state index contributed by atoms with van der Waals surface area (Å²) in [6, 6.07) is 4.26. The predicted molar refractivity (Wildman–Crippen MR) is 107 cm³/mol. The molecule has 0 unspecified atom stereocenters. The quantitative estimate of drug-likeness (QED) is 0.430. The van der Waals surface area contributed by atoms with Crippen molar-refractivity contribution in [2.75, 3.05) is 31.1 Å². The summed E-state index contributed by atoms with van der Waals surface area (Å²) < 4.78 is 3.41. The summed E-state index contributed by atoms with van der Waals surface area (Å²) in [5.74, 6) is 0.597. The number of aromatic nitrogens is 6. The molecule has 0 spiro atoms. The highest BCUT2D eigenvalue weighted by molar-refractivity contribution is 7.99. The molecule has 30 heavy (non-hydrogen) atoms. The molecule has 1 fully saturated rings. The second-order valence-corrected chi connectivity index (χ2v) is 7.75. The van der Waals surface area contributed by atoms with Gasteiger partial charge in [0.05, 0.1) is 10.5 Å². The van der Waals surface area contributed by atoms with Gasteiger partial charge >= 0.3 is 0 Å². The number of rotatable bonds is 5. The number of hydrogen-bond acceptors (Lipinski definition) is 9. The lowest BCUT2D eigenvalue weighted by Crippen LogP contribution is -2.49. The van der Waals surface area contributed by atoms with Gasteiger partial charge in [-0.1, -0.05) is 0 Å². The van der Waals surface area contributed by atoms with Crippen LogP contribution in [0.5, 0.6) is 0 Å². The van der Waals surface area contributed by atoms with Crippen molar-refractivity contribution in [3.05, 3.63) is 46.3 Å². The molecule has 0 bridgehead atoms. The van der Waals surface area contributed by atoms with E-state index in [4.69, 9.17) is 0 Å². The van der Waals surface area contributed by atoms with E-state index in [1.807, 2.05) is 17.8 Å². The average Bonchev–Trinajstić information content (AvgIpc) is 3.36. The number of carbonyl (C=O) groups excluding carboxylic acids is 1. The molecular formula is C17H19N9O3S. The van der Waals surface area contributed by atoms with Crippen LogP contribution in [0.2, 0.25) is 0 Å². The first kappa shape index (κ1) is 19.8. The fourth-order valence-electron chi connectivity index (χ4n) is 3.24. The standard InChI is InChI=1S/C17H19N9O3S/c1-22-6-5-18-16(22)25-9-7-24(8-10-25)15(27)13-11-12(26(28)29)3-4-14(13)30-17-19-20-21-23(17)2/h3-6,11H,7-10H2,1-2H3. The Morgan fingerprint density at radius 2 is 1.97 bits per heavy atom. The summed E-state index contributed by atoms with van der Waals surface area (Å²) in [6.45, 7) is 2.23. The summed E-state index contributed by atoms with van der Waals surface area (Å²) in [4.78, 5) is 32.7. The van der Waals surface area contributed by atoms with Crippen molar-refractivity contribution in [2.24, 2.45) is 14.1 Å². The molecule has 1 saturated heterocycles. The summed E-state index contributed by atoms with van der Waals surface area (Å²) in [7, 11) is 3.61. The van der Waals surface area contributed by atoms with Crippen LogP contribution < -0.4 is 4.90 Å². The van der Waals surface area contributed by atoms with Crippen molar-refractivity contribution in [1.82, 2.24) is 34.7 Å². The smallest absolute Gasteiger partial charge is 0.270 e. The maximum Gasteiger partial charge on any atom is 0.270 e. The number of nitrogens with zero attached hydrogens (tertiary/aromatic N) is 9. The number of non-ortho nitro benzene ring substituents is 1. The van der Waals surface area contributed by atoms with Crippen LogP contribution in [0.1, 0.15) is 10.4 Å². The van der Waals surface area contributed by atoms with Crippen molar-refractivity contribution in [1.29, 1.82) is 0 Å². The average molecular weight is 429 g/mol. The molecule has 1 aliphatic heterocycles. The molecule has 0 atom stereocenters. The number of nitro benzene ring substituents is 1. The minimum atomic E-state index is -0.506. The normalized spacial score (nSPS) is 14.2. The van der Waals surface area contributed by atoms with Crippen LogP contribution in [-0.4, -0.2) is 71.7 Å². The SMILES string of the molecule is Cn1ccnc1N1CCN(C(=O)c2cc([N+](=O)[O-])ccc2Sc2nnnn2C)CC1. The molecule has 1 aromatic carbocycles. The molecule has 12 nitrogen and oxygen atoms in total. The van der Waals surface area contributed by atoms with Crippen LogP contribution in [0.4, 0.5) is 11.6 Å². The van der Waals surface area contributed by atoms with Gasteiger partial charge < -0.3 is 14.4 Å². The molecule has 1 amide bonds. The van der Waals surface area contributed by atoms with Crippen molar-refractivity contribution < 1.29 is 9.72 Å². The third-order valence-corrected chi connectivity index (χ3v) is 5.94. The number of aryl methyl sites for hydroxylation is 2. The van der Waals surface area contributed by atoms with Gasteiger partial charge in [0.15, 0.2) is 0 Å². The van der Waals surface area contributed by atoms with Gasteiger partial charge in [0, 0.05) is 69.7 Å². The summed E-state index contributed by atoms with van der Waals surface area (Å²) in [5, 5.41) is 23.0. The number of hydrogen-bond donors (Lipinski definition) is 0. The summed E-state index contributed by atoms with van der Waals surface area (Å²) in [6.07, 6.45) is 3.61. The van der Waals surface area contributed by atoms with Gasteiger partial charge in [-0.2, -0.15) is 0 Å². The van der Waals surface area contributed by atoms with Gasteiger partial charge in [-0.05, 0) is 28.3 Å². The van der Waals surface area contributed by atoms with E-state index in [-0.39, 0.29) is 17.2 Å². The van der Waals surface area contributed by atoms with Crippen molar-refractivity contribution in [3.63, 3.8) is 0 Å². The molecular weight excluding hydrogens is 410 g/mol. The third-order valence-electron chi connectivity index (χ3n) is 4.83. The largest absolute Gasteiger partial charge is 0.339 e. The number of amides is 1. The molecule has 3 heterocycles. The highest BCUT2D eigenvalue weighted by Crippen LogP contribution is 2.32. The second kappa shape index (κ2) is 8.10. The monoisotopic (exact) mass is 429 g/mol. The minimum absolute atomic E-state index is 0.134. The lowest BCUT2D eigenvalue weighted by Gasteiger charge is -2.35. The van der Waals surface area contributed by atoms with Gasteiger partial charge in [0.25, 0.3) is 11.6 Å². The van der Waals surface area contributed by atoms with E-state index in [2.05, 4.69) is 25.4 Å². The van der Waals surface area contributed by atoms with E-state index in [0.717, 1.165) is 5.95 Å². The predicted octanol–water partition coefficient (Wildman–Crippen LogP) is 0.965. The van der Waals surface area contributed by atoms with E-state index in [1.54, 1.807) is 24.2 Å². The number of nitro groups is 1. The van der Waals surface area contributed by atoms with Crippen molar-refractivity contribution in [3.8, 4) is 0 Å². The highest BCUT2D eigenvalue weighted by atomic mass is 32.2. The number of carbonyl (C=O) groups is 1. The molecule has 13 heteroatoms. The van der Waals surface area contributed by atoms with Crippen molar-refractivity contribution >= 4 is 29.3 Å². The van der Waals surface area contributed by atoms with Crippen LogP contribution in [0, 0.1) is 10.1 Å². The third kappa shape index (κ3) is 3.83.